The number of carbonyl (C=O) groups is 2. The van der Waals surface area contributed by atoms with Crippen molar-refractivity contribution in [3.05, 3.63) is 65.3 Å². The normalized spacial score (nSPS) is 15.8. The van der Waals surface area contributed by atoms with Gasteiger partial charge < -0.3 is 14.7 Å². The summed E-state index contributed by atoms with van der Waals surface area (Å²) in [5, 5.41) is 15.6. The minimum atomic E-state index is -0.709. The van der Waals surface area contributed by atoms with Gasteiger partial charge in [0.2, 0.25) is 17.6 Å². The molecule has 0 bridgehead atoms. The lowest BCUT2D eigenvalue weighted by Gasteiger charge is -2.31. The number of amides is 2. The van der Waals surface area contributed by atoms with Gasteiger partial charge in [-0.25, -0.2) is 4.39 Å². The molecule has 0 aliphatic carbocycles. The fourth-order valence-electron chi connectivity index (χ4n) is 3.72. The second-order valence-corrected chi connectivity index (χ2v) is 7.61. The summed E-state index contributed by atoms with van der Waals surface area (Å²) in [5.41, 5.74) is 1.51. The second kappa shape index (κ2) is 8.98. The molecule has 0 saturated carbocycles. The number of nitrogens with zero attached hydrogens (tertiary/aromatic N) is 4. The molecular formula is C23H20FN5O3. The monoisotopic (exact) mass is 433 g/mol. The number of piperidine rings is 1. The number of benzene rings is 2. The summed E-state index contributed by atoms with van der Waals surface area (Å²) in [6.45, 7) is 2.27. The van der Waals surface area contributed by atoms with E-state index in [2.05, 4.69) is 15.5 Å². The Kier molecular flexibility index (Phi) is 5.94. The van der Waals surface area contributed by atoms with Crippen molar-refractivity contribution in [3.8, 4) is 17.5 Å². The number of likely N-dealkylation sites (tertiary alicyclic amines) is 1. The third-order valence-electron chi connectivity index (χ3n) is 5.29. The first-order valence-corrected chi connectivity index (χ1v) is 10.1. The van der Waals surface area contributed by atoms with Crippen LogP contribution in [0.3, 0.4) is 0 Å². The molecule has 9 heteroatoms. The van der Waals surface area contributed by atoms with E-state index in [1.54, 1.807) is 29.2 Å². The van der Waals surface area contributed by atoms with Crippen LogP contribution in [-0.4, -0.2) is 39.9 Å². The molecule has 1 aromatic heterocycles. The SMILES string of the molecule is CC(=O)Nc1ccc(-c2noc([C@H]3CCCN(C(=O)c4ccc(C#N)cc4F)C3)n2)cc1. The van der Waals surface area contributed by atoms with Gasteiger partial charge in [-0.15, -0.1) is 0 Å². The minimum absolute atomic E-state index is 0.0601. The molecule has 1 atom stereocenters. The Labute approximate surface area is 183 Å². The van der Waals surface area contributed by atoms with Crippen molar-refractivity contribution in [2.75, 3.05) is 18.4 Å². The van der Waals surface area contributed by atoms with Crippen molar-refractivity contribution in [2.45, 2.75) is 25.7 Å². The number of rotatable bonds is 4. The summed E-state index contributed by atoms with van der Waals surface area (Å²) in [4.78, 5) is 30.0. The fraction of sp³-hybridized carbons (Fsp3) is 0.261. The Morgan fingerprint density at radius 1 is 1.25 bits per heavy atom. The Morgan fingerprint density at radius 3 is 2.72 bits per heavy atom. The van der Waals surface area contributed by atoms with E-state index in [-0.39, 0.29) is 23.0 Å². The van der Waals surface area contributed by atoms with E-state index in [0.29, 0.717) is 30.5 Å². The molecule has 32 heavy (non-hydrogen) atoms. The first-order chi connectivity index (χ1) is 15.4. The molecule has 1 saturated heterocycles. The number of nitriles is 1. The predicted octanol–water partition coefficient (Wildman–Crippen LogP) is 3.73. The van der Waals surface area contributed by atoms with Crippen molar-refractivity contribution < 1.29 is 18.5 Å². The summed E-state index contributed by atoms with van der Waals surface area (Å²) >= 11 is 0. The Morgan fingerprint density at radius 2 is 2.03 bits per heavy atom. The van der Waals surface area contributed by atoms with E-state index in [1.807, 2.05) is 6.07 Å². The summed E-state index contributed by atoms with van der Waals surface area (Å²) in [5.74, 6) is -0.616. The maximum absolute atomic E-state index is 14.3. The van der Waals surface area contributed by atoms with Crippen LogP contribution in [0.4, 0.5) is 10.1 Å². The largest absolute Gasteiger partial charge is 0.339 e. The Balaban J connectivity index is 1.47. The quantitative estimate of drug-likeness (QED) is 0.671. The van der Waals surface area contributed by atoms with E-state index in [1.165, 1.54) is 19.1 Å². The summed E-state index contributed by atoms with van der Waals surface area (Å²) in [6, 6.07) is 12.8. The fourth-order valence-corrected chi connectivity index (χ4v) is 3.72. The van der Waals surface area contributed by atoms with Crippen molar-refractivity contribution in [2.24, 2.45) is 0 Å². The first kappa shape index (κ1) is 21.2. The van der Waals surface area contributed by atoms with Crippen LogP contribution in [0, 0.1) is 17.1 Å². The van der Waals surface area contributed by atoms with Crippen LogP contribution in [0.2, 0.25) is 0 Å². The van der Waals surface area contributed by atoms with E-state index in [9.17, 15) is 14.0 Å². The van der Waals surface area contributed by atoms with Gasteiger partial charge in [-0.3, -0.25) is 9.59 Å². The van der Waals surface area contributed by atoms with E-state index < -0.39 is 11.7 Å². The average molecular weight is 433 g/mol. The van der Waals surface area contributed by atoms with Gasteiger partial charge in [0.25, 0.3) is 5.91 Å². The molecule has 1 aliphatic heterocycles. The average Bonchev–Trinajstić information content (AvgIpc) is 3.29. The highest BCUT2D eigenvalue weighted by molar-refractivity contribution is 5.94. The Bertz CT molecular complexity index is 1200. The van der Waals surface area contributed by atoms with Crippen LogP contribution in [0.15, 0.2) is 47.0 Å². The molecule has 0 radical (unpaired) electrons. The van der Waals surface area contributed by atoms with Crippen LogP contribution in [-0.2, 0) is 4.79 Å². The lowest BCUT2D eigenvalue weighted by Crippen LogP contribution is -2.39. The second-order valence-electron chi connectivity index (χ2n) is 7.61. The van der Waals surface area contributed by atoms with Crippen LogP contribution in [0.25, 0.3) is 11.4 Å². The Hall–Kier alpha value is -4.06. The van der Waals surface area contributed by atoms with Gasteiger partial charge in [0.05, 0.1) is 23.1 Å². The number of anilines is 1. The zero-order valence-electron chi connectivity index (χ0n) is 17.3. The lowest BCUT2D eigenvalue weighted by molar-refractivity contribution is -0.114. The summed E-state index contributed by atoms with van der Waals surface area (Å²) in [7, 11) is 0. The van der Waals surface area contributed by atoms with Crippen LogP contribution >= 0.6 is 0 Å². The summed E-state index contributed by atoms with van der Waals surface area (Å²) < 4.78 is 19.8. The van der Waals surface area contributed by atoms with Gasteiger partial charge in [0.1, 0.15) is 5.82 Å². The molecule has 0 unspecified atom stereocenters. The molecule has 2 aromatic carbocycles. The van der Waals surface area contributed by atoms with Gasteiger partial charge in [-0.1, -0.05) is 5.16 Å². The standard InChI is InChI=1S/C23H20FN5O3/c1-14(30)26-18-7-5-16(6-8-18)21-27-22(32-28-21)17-3-2-10-29(13-17)23(31)19-9-4-15(12-25)11-20(19)24/h4-9,11,17H,2-3,10,13H2,1H3,(H,26,30)/t17-/m0/s1. The molecule has 8 nitrogen and oxygen atoms in total. The molecular weight excluding hydrogens is 413 g/mol. The van der Waals surface area contributed by atoms with Gasteiger partial charge in [-0.05, 0) is 55.3 Å². The van der Waals surface area contributed by atoms with Crippen LogP contribution < -0.4 is 5.32 Å². The van der Waals surface area contributed by atoms with Gasteiger partial charge in [-0.2, -0.15) is 10.2 Å². The number of aromatic nitrogens is 2. The van der Waals surface area contributed by atoms with Crippen molar-refractivity contribution in [1.29, 1.82) is 5.26 Å². The van der Waals surface area contributed by atoms with E-state index in [0.717, 1.165) is 24.5 Å². The van der Waals surface area contributed by atoms with Crippen molar-refractivity contribution in [1.82, 2.24) is 15.0 Å². The topological polar surface area (TPSA) is 112 Å². The van der Waals surface area contributed by atoms with E-state index in [4.69, 9.17) is 9.78 Å². The number of hydrogen-bond donors (Lipinski definition) is 1. The van der Waals surface area contributed by atoms with Crippen LogP contribution in [0.5, 0.6) is 0 Å². The third-order valence-corrected chi connectivity index (χ3v) is 5.29. The molecule has 0 spiro atoms. The third kappa shape index (κ3) is 4.49. The molecule has 162 valence electrons. The maximum Gasteiger partial charge on any atom is 0.256 e. The zero-order chi connectivity index (χ0) is 22.7. The highest BCUT2D eigenvalue weighted by Crippen LogP contribution is 2.29. The van der Waals surface area contributed by atoms with Gasteiger partial charge in [0.15, 0.2) is 0 Å². The molecule has 4 rings (SSSR count). The number of halogens is 1. The molecule has 2 amide bonds. The molecule has 2 heterocycles. The molecule has 1 N–H and O–H groups in total. The van der Waals surface area contributed by atoms with Crippen molar-refractivity contribution >= 4 is 17.5 Å². The number of nitrogens with one attached hydrogen (secondary N) is 1. The zero-order valence-corrected chi connectivity index (χ0v) is 17.3. The van der Waals surface area contributed by atoms with Gasteiger partial charge in [0, 0.05) is 31.3 Å². The van der Waals surface area contributed by atoms with Gasteiger partial charge >= 0.3 is 0 Å². The molecule has 1 fully saturated rings. The van der Waals surface area contributed by atoms with Crippen LogP contribution in [0.1, 0.15) is 47.5 Å². The molecule has 3 aromatic rings. The van der Waals surface area contributed by atoms with E-state index >= 15 is 0 Å². The molecule has 1 aliphatic rings. The lowest BCUT2D eigenvalue weighted by atomic mass is 9.97. The predicted molar refractivity (Wildman–Crippen MR) is 113 cm³/mol. The smallest absolute Gasteiger partial charge is 0.256 e. The number of carbonyl (C=O) groups excluding carboxylic acids is 2. The number of hydrogen-bond acceptors (Lipinski definition) is 6. The first-order valence-electron chi connectivity index (χ1n) is 10.1. The highest BCUT2D eigenvalue weighted by atomic mass is 19.1. The highest BCUT2D eigenvalue weighted by Gasteiger charge is 2.30. The summed E-state index contributed by atoms with van der Waals surface area (Å²) in [6.07, 6.45) is 1.49. The van der Waals surface area contributed by atoms with Crippen molar-refractivity contribution in [3.63, 3.8) is 0 Å². The minimum Gasteiger partial charge on any atom is -0.339 e. The maximum atomic E-state index is 14.3.